The van der Waals surface area contributed by atoms with E-state index in [2.05, 4.69) is 4.74 Å². The number of ether oxygens (including phenoxy) is 3. The van der Waals surface area contributed by atoms with Crippen LogP contribution >= 0.6 is 0 Å². The third-order valence-corrected chi connectivity index (χ3v) is 5.28. The third kappa shape index (κ3) is 6.87. The number of hydrazine groups is 1. The van der Waals surface area contributed by atoms with E-state index < -0.39 is 41.7 Å². The number of rotatable bonds is 6. The Hall–Kier alpha value is -4.41. The number of methoxy groups -OCH3 is 1. The molecule has 3 amide bonds. The van der Waals surface area contributed by atoms with Gasteiger partial charge in [0.25, 0.3) is 11.8 Å². The maximum Gasteiger partial charge on any atom is 0.440 e. The first-order valence-corrected chi connectivity index (χ1v) is 11.6. The topological polar surface area (TPSA) is 140 Å². The first kappa shape index (κ1) is 29.8. The summed E-state index contributed by atoms with van der Waals surface area (Å²) >= 11 is 0. The molecule has 2 aromatic rings. The second-order valence-corrected chi connectivity index (χ2v) is 9.58. The molecule has 0 saturated heterocycles. The fraction of sp³-hybridized carbons (Fsp3) is 0.370. The Morgan fingerprint density at radius 1 is 0.895 bits per heavy atom. The average molecular weight is 529 g/mol. The van der Waals surface area contributed by atoms with Gasteiger partial charge in [0, 0.05) is 23.6 Å². The molecule has 2 aromatic carbocycles. The zero-order valence-corrected chi connectivity index (χ0v) is 22.6. The first-order valence-electron chi connectivity index (χ1n) is 11.6. The number of carbonyl (C=O) groups excluding carboxylic acids is 4. The van der Waals surface area contributed by atoms with Crippen molar-refractivity contribution in [2.45, 2.75) is 60.3 Å². The Morgan fingerprint density at radius 2 is 1.47 bits per heavy atom. The first-order chi connectivity index (χ1) is 17.6. The summed E-state index contributed by atoms with van der Waals surface area (Å²) in [5, 5.41) is 10.7. The molecule has 0 aliphatic heterocycles. The maximum absolute atomic E-state index is 13.9. The highest BCUT2D eigenvalue weighted by molar-refractivity contribution is 6.07. The van der Waals surface area contributed by atoms with E-state index in [1.807, 2.05) is 6.07 Å². The number of hydrogen-bond donors (Lipinski definition) is 1. The fourth-order valence-electron chi connectivity index (χ4n) is 3.77. The molecule has 38 heavy (non-hydrogen) atoms. The molecule has 0 fully saturated rings. The van der Waals surface area contributed by atoms with E-state index in [-0.39, 0.29) is 11.1 Å². The molecule has 2 rings (SSSR count). The van der Waals surface area contributed by atoms with Crippen LogP contribution in [0.2, 0.25) is 0 Å². The molecular formula is C27H32N2O9. The van der Waals surface area contributed by atoms with Crippen molar-refractivity contribution in [2.75, 3.05) is 7.11 Å². The zero-order chi connectivity index (χ0) is 28.9. The quantitative estimate of drug-likeness (QED) is 0.334. The van der Waals surface area contributed by atoms with Gasteiger partial charge in [-0.2, -0.15) is 0 Å². The van der Waals surface area contributed by atoms with Crippen LogP contribution in [0, 0.1) is 20.8 Å². The predicted octanol–water partition coefficient (Wildman–Crippen LogP) is 4.03. The van der Waals surface area contributed by atoms with Gasteiger partial charge in [-0.1, -0.05) is 23.3 Å². The molecule has 1 atom stereocenters. The van der Waals surface area contributed by atoms with Crippen molar-refractivity contribution in [1.82, 2.24) is 10.0 Å². The Kier molecular flexibility index (Phi) is 9.23. The van der Waals surface area contributed by atoms with E-state index in [1.165, 1.54) is 19.2 Å². The van der Waals surface area contributed by atoms with Crippen LogP contribution in [-0.4, -0.2) is 63.9 Å². The number of aryl methyl sites for hydroxylation is 2. The molecular weight excluding hydrogens is 496 g/mol. The molecule has 204 valence electrons. The predicted molar refractivity (Wildman–Crippen MR) is 135 cm³/mol. The molecule has 0 aliphatic carbocycles. The maximum atomic E-state index is 13.9. The van der Waals surface area contributed by atoms with Gasteiger partial charge in [-0.15, -0.1) is 5.01 Å². The summed E-state index contributed by atoms with van der Waals surface area (Å²) in [7, 11) is 1.41. The second-order valence-electron chi connectivity index (χ2n) is 9.58. The zero-order valence-electron chi connectivity index (χ0n) is 22.6. The van der Waals surface area contributed by atoms with Gasteiger partial charge in [0.1, 0.15) is 5.75 Å². The summed E-state index contributed by atoms with van der Waals surface area (Å²) in [5.74, 6) is -4.21. The van der Waals surface area contributed by atoms with Crippen LogP contribution in [0.3, 0.4) is 0 Å². The van der Waals surface area contributed by atoms with Crippen molar-refractivity contribution in [3.05, 3.63) is 64.2 Å². The Morgan fingerprint density at radius 3 is 1.95 bits per heavy atom. The minimum atomic E-state index is -2.36. The summed E-state index contributed by atoms with van der Waals surface area (Å²) in [4.78, 5) is 64.3. The van der Waals surface area contributed by atoms with Gasteiger partial charge in [-0.3, -0.25) is 14.4 Å². The van der Waals surface area contributed by atoms with Gasteiger partial charge < -0.3 is 19.3 Å². The largest absolute Gasteiger partial charge is 0.496 e. The highest BCUT2D eigenvalue weighted by Crippen LogP contribution is 2.28. The van der Waals surface area contributed by atoms with Gasteiger partial charge in [0.2, 0.25) is 0 Å². The minimum Gasteiger partial charge on any atom is -0.496 e. The van der Waals surface area contributed by atoms with Crippen molar-refractivity contribution in [3.63, 3.8) is 0 Å². The van der Waals surface area contributed by atoms with Crippen molar-refractivity contribution in [2.24, 2.45) is 0 Å². The molecule has 1 unspecified atom stereocenters. The van der Waals surface area contributed by atoms with Crippen LogP contribution in [0.15, 0.2) is 36.4 Å². The van der Waals surface area contributed by atoms with Crippen LogP contribution in [0.1, 0.15) is 65.1 Å². The molecule has 0 aromatic heterocycles. The lowest BCUT2D eigenvalue weighted by Gasteiger charge is -2.41. The number of carboxylic acid groups (broad SMARTS) is 1. The molecule has 0 saturated carbocycles. The number of amides is 3. The van der Waals surface area contributed by atoms with Gasteiger partial charge in [-0.05, 0) is 65.8 Å². The standard InChI is InChI=1S/C27H32N2O9/c1-15-12-16(2)14-19(13-15)22(31)29(27(5,6)7)28(26(35)38-25(24(33)34)37-18(4)30)23(32)20-10-9-11-21(36-8)17(20)3/h9-14,25H,1-8H3,(H,33,34). The van der Waals surface area contributed by atoms with Gasteiger partial charge in [0.15, 0.2) is 0 Å². The number of nitrogens with zero attached hydrogens (tertiary/aromatic N) is 2. The molecule has 0 spiro atoms. The Labute approximate surface area is 220 Å². The Balaban J connectivity index is 2.75. The monoisotopic (exact) mass is 528 g/mol. The third-order valence-electron chi connectivity index (χ3n) is 5.28. The van der Waals surface area contributed by atoms with Gasteiger partial charge in [0.05, 0.1) is 12.6 Å². The van der Waals surface area contributed by atoms with Crippen molar-refractivity contribution in [3.8, 4) is 5.75 Å². The lowest BCUT2D eigenvalue weighted by atomic mass is 10.0. The van der Waals surface area contributed by atoms with E-state index in [0.717, 1.165) is 23.1 Å². The fourth-order valence-corrected chi connectivity index (χ4v) is 3.77. The van der Waals surface area contributed by atoms with E-state index in [4.69, 9.17) is 9.47 Å². The summed E-state index contributed by atoms with van der Waals surface area (Å²) in [6.45, 7) is 10.8. The number of aliphatic carboxylic acids is 1. The van der Waals surface area contributed by atoms with Gasteiger partial charge >= 0.3 is 24.3 Å². The van der Waals surface area contributed by atoms with Crippen LogP contribution in [0.25, 0.3) is 0 Å². The number of hydrogen-bond acceptors (Lipinski definition) is 8. The van der Waals surface area contributed by atoms with Crippen LogP contribution in [0.5, 0.6) is 5.75 Å². The van der Waals surface area contributed by atoms with Crippen LogP contribution < -0.4 is 4.74 Å². The molecule has 11 nitrogen and oxygen atoms in total. The van der Waals surface area contributed by atoms with Crippen LogP contribution in [0.4, 0.5) is 4.79 Å². The number of esters is 1. The van der Waals surface area contributed by atoms with Crippen molar-refractivity contribution >= 4 is 29.8 Å². The molecule has 1 N–H and O–H groups in total. The summed E-state index contributed by atoms with van der Waals surface area (Å²) in [5.41, 5.74) is 0.874. The second kappa shape index (κ2) is 11.8. The molecule has 0 heterocycles. The van der Waals surface area contributed by atoms with E-state index >= 15 is 0 Å². The normalized spacial score (nSPS) is 11.7. The van der Waals surface area contributed by atoms with E-state index in [0.29, 0.717) is 16.3 Å². The average Bonchev–Trinajstić information content (AvgIpc) is 2.79. The minimum absolute atomic E-state index is 0.0110. The summed E-state index contributed by atoms with van der Waals surface area (Å²) in [6.07, 6.45) is -3.90. The lowest BCUT2D eigenvalue weighted by molar-refractivity contribution is -0.188. The van der Waals surface area contributed by atoms with Crippen molar-refractivity contribution in [1.29, 1.82) is 0 Å². The van der Waals surface area contributed by atoms with Crippen molar-refractivity contribution < 1.29 is 43.3 Å². The number of carbonyl (C=O) groups is 5. The van der Waals surface area contributed by atoms with Crippen LogP contribution in [-0.2, 0) is 19.1 Å². The molecule has 11 heteroatoms. The molecule has 0 bridgehead atoms. The summed E-state index contributed by atoms with van der Waals surface area (Å²) in [6, 6.07) is 9.59. The van der Waals surface area contributed by atoms with E-state index in [9.17, 15) is 29.1 Å². The summed E-state index contributed by atoms with van der Waals surface area (Å²) < 4.78 is 14.8. The number of benzene rings is 2. The number of carboxylic acids is 1. The van der Waals surface area contributed by atoms with Gasteiger partial charge in [-0.25, -0.2) is 14.6 Å². The SMILES string of the molecule is COc1cccc(C(=O)N(C(=O)OC(OC(C)=O)C(=O)O)N(C(=O)c2cc(C)cc(C)c2)C(C)(C)C)c1C. The lowest BCUT2D eigenvalue weighted by Crippen LogP contribution is -2.61. The highest BCUT2D eigenvalue weighted by Gasteiger charge is 2.43. The highest BCUT2D eigenvalue weighted by atomic mass is 16.7. The molecule has 0 aliphatic rings. The Bertz CT molecular complexity index is 1240. The van der Waals surface area contributed by atoms with E-state index in [1.54, 1.807) is 59.7 Å². The number of imide groups is 1. The molecule has 0 radical (unpaired) electrons. The smallest absolute Gasteiger partial charge is 0.440 e.